The molecule has 5 rings (SSSR count). The monoisotopic (exact) mass is 272 g/mol. The maximum atomic E-state index is 11.6. The van der Waals surface area contributed by atoms with Gasteiger partial charge < -0.3 is 4.74 Å². The van der Waals surface area contributed by atoms with Gasteiger partial charge in [0, 0.05) is 6.08 Å². The molecule has 2 heteroatoms. The molecule has 2 nitrogen and oxygen atoms in total. The lowest BCUT2D eigenvalue weighted by Crippen LogP contribution is -2.36. The van der Waals surface area contributed by atoms with Crippen molar-refractivity contribution in [2.45, 2.75) is 44.6 Å². The van der Waals surface area contributed by atoms with Crippen molar-refractivity contribution in [2.75, 3.05) is 0 Å². The molecule has 9 unspecified atom stereocenters. The predicted molar refractivity (Wildman–Crippen MR) is 75.7 cm³/mol. The number of ether oxygens (including phenoxy) is 1. The molecule has 0 aliphatic heterocycles. The average Bonchev–Trinajstić information content (AvgIpc) is 3.19. The molecule has 0 aromatic heterocycles. The van der Waals surface area contributed by atoms with Crippen LogP contribution in [-0.4, -0.2) is 12.1 Å². The summed E-state index contributed by atoms with van der Waals surface area (Å²) in [6.07, 6.45) is 10.1. The lowest BCUT2D eigenvalue weighted by molar-refractivity contribution is -0.147. The molecule has 9 atom stereocenters. The molecule has 0 amide bonds. The average molecular weight is 272 g/mol. The summed E-state index contributed by atoms with van der Waals surface area (Å²) in [5, 5.41) is 0. The zero-order chi connectivity index (χ0) is 13.4. The minimum Gasteiger partial charge on any atom is -0.459 e. The Morgan fingerprint density at radius 3 is 2.55 bits per heavy atom. The van der Waals surface area contributed by atoms with Crippen LogP contribution in [0.5, 0.6) is 0 Å². The minimum absolute atomic E-state index is 0.207. The number of fused-ring (bicyclic) bond motifs is 11. The van der Waals surface area contributed by atoms with Crippen LogP contribution in [0.15, 0.2) is 12.7 Å². The number of hydrogen-bond donors (Lipinski definition) is 0. The van der Waals surface area contributed by atoms with E-state index in [1.807, 2.05) is 0 Å². The minimum atomic E-state index is -0.207. The number of esters is 1. The highest BCUT2D eigenvalue weighted by Gasteiger charge is 2.65. The second-order valence-electron chi connectivity index (χ2n) is 8.13. The molecule has 5 aliphatic rings. The van der Waals surface area contributed by atoms with E-state index in [1.165, 1.54) is 38.2 Å². The maximum absolute atomic E-state index is 11.6. The van der Waals surface area contributed by atoms with Crippen LogP contribution in [0.3, 0.4) is 0 Å². The van der Waals surface area contributed by atoms with Crippen LogP contribution in [0.2, 0.25) is 0 Å². The van der Waals surface area contributed by atoms with Crippen molar-refractivity contribution in [3.8, 4) is 0 Å². The summed E-state index contributed by atoms with van der Waals surface area (Å²) in [7, 11) is 0. The summed E-state index contributed by atoms with van der Waals surface area (Å²) in [5.41, 5.74) is 0. The predicted octanol–water partition coefficient (Wildman–Crippen LogP) is 3.42. The van der Waals surface area contributed by atoms with Crippen LogP contribution in [0.4, 0.5) is 0 Å². The van der Waals surface area contributed by atoms with Crippen molar-refractivity contribution < 1.29 is 9.53 Å². The fraction of sp³-hybridized carbons (Fsp3) is 0.833. The van der Waals surface area contributed by atoms with Gasteiger partial charge in [-0.1, -0.05) is 6.58 Å². The standard InChI is InChI=1S/C18H24O2/c1-2-16(19)20-15-7-11-6-14(15)18-13(11)8-12-9-3-4-10(5-9)17(12)18/h2,9-15,17-18H,1,3-8H2. The van der Waals surface area contributed by atoms with Crippen LogP contribution in [0.1, 0.15) is 38.5 Å². The van der Waals surface area contributed by atoms with Crippen molar-refractivity contribution >= 4 is 5.97 Å². The first kappa shape index (κ1) is 11.8. The molecule has 5 fully saturated rings. The Bertz CT molecular complexity index is 470. The van der Waals surface area contributed by atoms with E-state index in [9.17, 15) is 4.79 Å². The van der Waals surface area contributed by atoms with E-state index in [2.05, 4.69) is 6.58 Å². The molecule has 0 aromatic rings. The Morgan fingerprint density at radius 1 is 0.900 bits per heavy atom. The fourth-order valence-electron chi connectivity index (χ4n) is 7.43. The summed E-state index contributed by atoms with van der Waals surface area (Å²) < 4.78 is 5.67. The summed E-state index contributed by atoms with van der Waals surface area (Å²) in [5.74, 6) is 7.34. The summed E-state index contributed by atoms with van der Waals surface area (Å²) in [4.78, 5) is 11.6. The molecule has 0 saturated heterocycles. The molecular weight excluding hydrogens is 248 g/mol. The Hall–Kier alpha value is -0.790. The third-order valence-corrected chi connectivity index (χ3v) is 7.76. The van der Waals surface area contributed by atoms with Crippen LogP contribution >= 0.6 is 0 Å². The van der Waals surface area contributed by atoms with Gasteiger partial charge in [-0.2, -0.15) is 0 Å². The van der Waals surface area contributed by atoms with Crippen molar-refractivity contribution in [3.63, 3.8) is 0 Å². The molecule has 5 aliphatic carbocycles. The largest absolute Gasteiger partial charge is 0.459 e. The van der Waals surface area contributed by atoms with Crippen molar-refractivity contribution in [2.24, 2.45) is 47.3 Å². The molecule has 5 saturated carbocycles. The first-order valence-electron chi connectivity index (χ1n) is 8.59. The van der Waals surface area contributed by atoms with Crippen LogP contribution in [-0.2, 0) is 9.53 Å². The highest BCUT2D eigenvalue weighted by molar-refractivity contribution is 5.81. The van der Waals surface area contributed by atoms with Gasteiger partial charge in [-0.05, 0) is 85.9 Å². The zero-order valence-electron chi connectivity index (χ0n) is 12.0. The van der Waals surface area contributed by atoms with Crippen LogP contribution < -0.4 is 0 Å². The first-order chi connectivity index (χ1) is 9.76. The fourth-order valence-corrected chi connectivity index (χ4v) is 7.43. The molecule has 0 spiro atoms. The van der Waals surface area contributed by atoms with Gasteiger partial charge in [-0.15, -0.1) is 0 Å². The zero-order valence-corrected chi connectivity index (χ0v) is 12.0. The van der Waals surface area contributed by atoms with Gasteiger partial charge in [-0.25, -0.2) is 4.79 Å². The number of hydrogen-bond acceptors (Lipinski definition) is 2. The third-order valence-electron chi connectivity index (χ3n) is 7.76. The normalized spacial score (nSPS) is 57.7. The number of rotatable bonds is 2. The molecule has 0 heterocycles. The summed E-state index contributed by atoms with van der Waals surface area (Å²) in [6, 6.07) is 0. The molecule has 20 heavy (non-hydrogen) atoms. The molecule has 0 aromatic carbocycles. The van der Waals surface area contributed by atoms with Gasteiger partial charge in [0.05, 0.1) is 0 Å². The quantitative estimate of drug-likeness (QED) is 0.569. The van der Waals surface area contributed by atoms with Gasteiger partial charge in [-0.3, -0.25) is 0 Å². The lowest BCUT2D eigenvalue weighted by Gasteiger charge is -2.36. The van der Waals surface area contributed by atoms with Gasteiger partial charge >= 0.3 is 5.97 Å². The lowest BCUT2D eigenvalue weighted by atomic mass is 9.71. The smallest absolute Gasteiger partial charge is 0.330 e. The Labute approximate surface area is 120 Å². The molecule has 0 radical (unpaired) electrons. The second-order valence-corrected chi connectivity index (χ2v) is 8.13. The topological polar surface area (TPSA) is 26.3 Å². The highest BCUT2D eigenvalue weighted by atomic mass is 16.5. The van der Waals surface area contributed by atoms with E-state index >= 15 is 0 Å². The third kappa shape index (κ3) is 1.33. The number of carbonyl (C=O) groups is 1. The van der Waals surface area contributed by atoms with E-state index in [-0.39, 0.29) is 12.1 Å². The van der Waals surface area contributed by atoms with E-state index < -0.39 is 0 Å². The Kier molecular flexibility index (Phi) is 2.30. The summed E-state index contributed by atoms with van der Waals surface area (Å²) in [6.45, 7) is 3.54. The van der Waals surface area contributed by atoms with Gasteiger partial charge in [0.2, 0.25) is 0 Å². The van der Waals surface area contributed by atoms with Gasteiger partial charge in [0.1, 0.15) is 6.10 Å². The van der Waals surface area contributed by atoms with E-state index in [0.29, 0.717) is 5.92 Å². The Morgan fingerprint density at radius 2 is 1.70 bits per heavy atom. The molecule has 108 valence electrons. The molecule has 0 N–H and O–H groups in total. The van der Waals surface area contributed by atoms with E-state index in [0.717, 1.165) is 47.8 Å². The Balaban J connectivity index is 1.41. The molecular formula is C18H24O2. The van der Waals surface area contributed by atoms with Gasteiger partial charge in [0.25, 0.3) is 0 Å². The van der Waals surface area contributed by atoms with E-state index in [4.69, 9.17) is 4.74 Å². The van der Waals surface area contributed by atoms with Crippen molar-refractivity contribution in [1.29, 1.82) is 0 Å². The summed E-state index contributed by atoms with van der Waals surface area (Å²) >= 11 is 0. The SMILES string of the molecule is C=CC(=O)OC1CC2CC1C1C2CC2C3CCC(C3)C21. The van der Waals surface area contributed by atoms with E-state index in [1.54, 1.807) is 0 Å². The highest BCUT2D eigenvalue weighted by Crippen LogP contribution is 2.71. The van der Waals surface area contributed by atoms with Gasteiger partial charge in [0.15, 0.2) is 0 Å². The maximum Gasteiger partial charge on any atom is 0.330 e. The first-order valence-corrected chi connectivity index (χ1v) is 8.59. The molecule has 4 bridgehead atoms. The number of carbonyl (C=O) groups excluding carboxylic acids is 1. The van der Waals surface area contributed by atoms with Crippen molar-refractivity contribution in [1.82, 2.24) is 0 Å². The van der Waals surface area contributed by atoms with Crippen molar-refractivity contribution in [3.05, 3.63) is 12.7 Å². The van der Waals surface area contributed by atoms with Crippen LogP contribution in [0.25, 0.3) is 0 Å². The van der Waals surface area contributed by atoms with Crippen LogP contribution in [0, 0.1) is 47.3 Å². The second kappa shape index (κ2) is 3.90.